The molecule has 2 heterocycles. The quantitative estimate of drug-likeness (QED) is 0.653. The maximum Gasteiger partial charge on any atom is 0.416 e. The molecule has 2 aromatic heterocycles. The van der Waals surface area contributed by atoms with Crippen LogP contribution in [0.15, 0.2) is 41.7 Å². The van der Waals surface area contributed by atoms with Gasteiger partial charge in [0.1, 0.15) is 0 Å². The van der Waals surface area contributed by atoms with Gasteiger partial charge in [-0.15, -0.1) is 0 Å². The topological polar surface area (TPSA) is 70.7 Å². The van der Waals surface area contributed by atoms with E-state index in [1.807, 2.05) is 0 Å². The van der Waals surface area contributed by atoms with Crippen LogP contribution in [0, 0.1) is 0 Å². The molecule has 0 aliphatic carbocycles. The van der Waals surface area contributed by atoms with E-state index in [0.717, 1.165) is 35.5 Å². The fraction of sp³-hybridized carbons (Fsp3) is 0.133. The largest absolute Gasteiger partial charge is 0.416 e. The number of alkyl halides is 3. The molecule has 0 atom stereocenters. The number of anilines is 1. The van der Waals surface area contributed by atoms with Crippen molar-refractivity contribution < 1.29 is 18.0 Å². The highest BCUT2D eigenvalue weighted by molar-refractivity contribution is 7.99. The minimum Gasteiger partial charge on any atom is -0.332 e. The number of rotatable bonds is 4. The number of amides is 1. The third kappa shape index (κ3) is 4.23. The first-order chi connectivity index (χ1) is 11.8. The van der Waals surface area contributed by atoms with Gasteiger partial charge >= 0.3 is 6.18 Å². The molecule has 1 amide bonds. The van der Waals surface area contributed by atoms with Crippen molar-refractivity contribution in [1.82, 2.24) is 15.0 Å². The van der Waals surface area contributed by atoms with Crippen LogP contribution < -0.4 is 5.32 Å². The molecule has 3 aromatic rings. The zero-order valence-corrected chi connectivity index (χ0v) is 14.0. The Balaban J connectivity index is 1.66. The lowest BCUT2D eigenvalue weighted by atomic mass is 10.2. The molecule has 0 spiro atoms. The summed E-state index contributed by atoms with van der Waals surface area (Å²) in [5.41, 5.74) is 0.272. The molecule has 25 heavy (non-hydrogen) atoms. The van der Waals surface area contributed by atoms with Crippen LogP contribution in [0.3, 0.4) is 0 Å². The average molecular weight is 387 g/mol. The maximum absolute atomic E-state index is 12.7. The number of aromatic nitrogens is 3. The van der Waals surface area contributed by atoms with Crippen LogP contribution in [-0.2, 0) is 11.0 Å². The van der Waals surface area contributed by atoms with Gasteiger partial charge in [-0.25, -0.2) is 9.97 Å². The fourth-order valence-corrected chi connectivity index (χ4v) is 2.85. The van der Waals surface area contributed by atoms with Gasteiger partial charge in [0.15, 0.2) is 10.8 Å². The Labute approximate surface area is 149 Å². The molecule has 3 rings (SSSR count). The Morgan fingerprint density at radius 1 is 1.32 bits per heavy atom. The zero-order chi connectivity index (χ0) is 18.0. The number of nitrogens with one attached hydrogen (secondary N) is 2. The first-order valence-electron chi connectivity index (χ1n) is 6.93. The van der Waals surface area contributed by atoms with Gasteiger partial charge < -0.3 is 10.3 Å². The summed E-state index contributed by atoms with van der Waals surface area (Å²) < 4.78 is 38.2. The Hall–Kier alpha value is -2.26. The van der Waals surface area contributed by atoms with E-state index in [1.54, 1.807) is 18.3 Å². The fourth-order valence-electron chi connectivity index (χ4n) is 2.01. The van der Waals surface area contributed by atoms with Gasteiger partial charge in [-0.1, -0.05) is 23.4 Å². The third-order valence-corrected chi connectivity index (χ3v) is 4.35. The summed E-state index contributed by atoms with van der Waals surface area (Å²) in [5, 5.41) is 2.89. The minimum atomic E-state index is -4.51. The summed E-state index contributed by atoms with van der Waals surface area (Å²) in [6.07, 6.45) is -2.92. The molecule has 5 nitrogen and oxygen atoms in total. The van der Waals surface area contributed by atoms with Gasteiger partial charge in [0, 0.05) is 6.20 Å². The molecule has 10 heteroatoms. The number of nitrogens with zero attached hydrogens (tertiary/aromatic N) is 2. The molecule has 1 aromatic carbocycles. The SMILES string of the molecule is O=C(CSc1nc2ncccc2[nH]1)Nc1cc(C(F)(F)F)ccc1Cl. The van der Waals surface area contributed by atoms with Crippen molar-refractivity contribution >= 4 is 46.1 Å². The molecule has 130 valence electrons. The Morgan fingerprint density at radius 2 is 2.12 bits per heavy atom. The van der Waals surface area contributed by atoms with E-state index in [9.17, 15) is 18.0 Å². The zero-order valence-electron chi connectivity index (χ0n) is 12.4. The number of hydrogen-bond acceptors (Lipinski definition) is 4. The van der Waals surface area contributed by atoms with Crippen LogP contribution >= 0.6 is 23.4 Å². The van der Waals surface area contributed by atoms with Gasteiger partial charge in [-0.2, -0.15) is 13.2 Å². The van der Waals surface area contributed by atoms with Crippen LogP contribution in [0.4, 0.5) is 18.9 Å². The Bertz CT molecular complexity index is 896. The monoisotopic (exact) mass is 386 g/mol. The average Bonchev–Trinajstić information content (AvgIpc) is 2.97. The lowest BCUT2D eigenvalue weighted by Gasteiger charge is -2.11. The summed E-state index contributed by atoms with van der Waals surface area (Å²) in [5.74, 6) is -0.550. The smallest absolute Gasteiger partial charge is 0.332 e. The summed E-state index contributed by atoms with van der Waals surface area (Å²) in [7, 11) is 0. The lowest BCUT2D eigenvalue weighted by Crippen LogP contribution is -2.15. The van der Waals surface area contributed by atoms with E-state index < -0.39 is 17.6 Å². The molecule has 2 N–H and O–H groups in total. The summed E-state index contributed by atoms with van der Waals surface area (Å²) in [4.78, 5) is 23.2. The van der Waals surface area contributed by atoms with Crippen molar-refractivity contribution in [2.45, 2.75) is 11.3 Å². The highest BCUT2D eigenvalue weighted by Gasteiger charge is 2.31. The normalized spacial score (nSPS) is 11.7. The number of halogens is 4. The molecular weight excluding hydrogens is 377 g/mol. The van der Waals surface area contributed by atoms with Crippen molar-refractivity contribution in [2.24, 2.45) is 0 Å². The molecular formula is C15H10ClF3N4OS. The van der Waals surface area contributed by atoms with Crippen LogP contribution in [0.2, 0.25) is 5.02 Å². The van der Waals surface area contributed by atoms with Crippen LogP contribution in [0.1, 0.15) is 5.56 Å². The van der Waals surface area contributed by atoms with Gasteiger partial charge in [0.05, 0.1) is 27.5 Å². The number of benzene rings is 1. The van der Waals surface area contributed by atoms with Gasteiger partial charge in [-0.3, -0.25) is 4.79 Å². The molecule has 0 radical (unpaired) electrons. The van der Waals surface area contributed by atoms with Crippen molar-refractivity contribution in [1.29, 1.82) is 0 Å². The highest BCUT2D eigenvalue weighted by atomic mass is 35.5. The van der Waals surface area contributed by atoms with Crippen molar-refractivity contribution in [3.05, 3.63) is 47.1 Å². The number of carbonyl (C=O) groups excluding carboxylic acids is 1. The van der Waals surface area contributed by atoms with E-state index in [1.165, 1.54) is 0 Å². The first kappa shape index (κ1) is 17.6. The van der Waals surface area contributed by atoms with Crippen molar-refractivity contribution in [3.63, 3.8) is 0 Å². The lowest BCUT2D eigenvalue weighted by molar-refractivity contribution is -0.137. The van der Waals surface area contributed by atoms with Crippen molar-refractivity contribution in [2.75, 3.05) is 11.1 Å². The van der Waals surface area contributed by atoms with Crippen LogP contribution in [0.5, 0.6) is 0 Å². The molecule has 0 aliphatic heterocycles. The van der Waals surface area contributed by atoms with Crippen molar-refractivity contribution in [3.8, 4) is 0 Å². The first-order valence-corrected chi connectivity index (χ1v) is 8.29. The summed E-state index contributed by atoms with van der Waals surface area (Å²) >= 11 is 6.95. The molecule has 0 saturated carbocycles. The van der Waals surface area contributed by atoms with Gasteiger partial charge in [0.2, 0.25) is 5.91 Å². The minimum absolute atomic E-state index is 0.0271. The number of fused-ring (bicyclic) bond motifs is 1. The van der Waals surface area contributed by atoms with Gasteiger partial charge in [-0.05, 0) is 30.3 Å². The second-order valence-corrected chi connectivity index (χ2v) is 6.32. The van der Waals surface area contributed by atoms with E-state index in [0.29, 0.717) is 10.8 Å². The molecule has 0 saturated heterocycles. The predicted molar refractivity (Wildman–Crippen MR) is 89.7 cm³/mol. The molecule has 0 unspecified atom stereocenters. The predicted octanol–water partition coefficient (Wildman–Crippen LogP) is 4.36. The summed E-state index contributed by atoms with van der Waals surface area (Å²) in [6.45, 7) is 0. The number of thioether (sulfide) groups is 1. The molecule has 0 aliphatic rings. The number of hydrogen-bond donors (Lipinski definition) is 2. The Kier molecular flexibility index (Phi) is 4.87. The summed E-state index contributed by atoms with van der Waals surface area (Å²) in [6, 6.07) is 6.29. The number of pyridine rings is 1. The van der Waals surface area contributed by atoms with E-state index in [4.69, 9.17) is 11.6 Å². The van der Waals surface area contributed by atoms with E-state index in [2.05, 4.69) is 20.3 Å². The molecule has 0 fully saturated rings. The highest BCUT2D eigenvalue weighted by Crippen LogP contribution is 2.33. The number of aromatic amines is 1. The second kappa shape index (κ2) is 6.93. The van der Waals surface area contributed by atoms with E-state index in [-0.39, 0.29) is 16.5 Å². The van der Waals surface area contributed by atoms with Gasteiger partial charge in [0.25, 0.3) is 0 Å². The molecule has 0 bridgehead atoms. The standard InChI is InChI=1S/C15H10ClF3N4OS/c16-9-4-3-8(15(17,18)19)6-11(9)21-12(24)7-25-14-22-10-2-1-5-20-13(10)23-14/h1-6H,7H2,(H,21,24)(H,20,22,23). The van der Waals surface area contributed by atoms with Crippen LogP contribution in [-0.4, -0.2) is 26.6 Å². The second-order valence-electron chi connectivity index (χ2n) is 4.95. The number of carbonyl (C=O) groups is 1. The van der Waals surface area contributed by atoms with E-state index >= 15 is 0 Å². The number of H-pyrrole nitrogens is 1. The Morgan fingerprint density at radius 3 is 2.84 bits per heavy atom. The van der Waals surface area contributed by atoms with Crippen LogP contribution in [0.25, 0.3) is 11.2 Å². The maximum atomic E-state index is 12.7. The third-order valence-electron chi connectivity index (χ3n) is 3.14. The number of imidazole rings is 1.